The van der Waals surface area contributed by atoms with Crippen LogP contribution in [-0.2, 0) is 9.53 Å². The summed E-state index contributed by atoms with van der Waals surface area (Å²) >= 11 is 0. The molecule has 2 heterocycles. The molecule has 2 aliphatic rings. The van der Waals surface area contributed by atoms with Gasteiger partial charge in [0, 0.05) is 26.2 Å². The summed E-state index contributed by atoms with van der Waals surface area (Å²) in [6, 6.07) is 0. The standard InChI is InChI=1S/C11H20N2O2.ClH/c1-2-9-3-5-13(8-9)11(14)10-7-12-4-6-15-10;/h9-10,12H,2-8H2,1H3;1H/t9?,10-;/m0./s1. The Kier molecular flexibility index (Phi) is 5.52. The Morgan fingerprint density at radius 2 is 2.38 bits per heavy atom. The third kappa shape index (κ3) is 3.09. The molecule has 2 aliphatic heterocycles. The highest BCUT2D eigenvalue weighted by atomic mass is 35.5. The second kappa shape index (κ2) is 6.42. The van der Waals surface area contributed by atoms with Crippen LogP contribution in [0.2, 0.25) is 0 Å². The van der Waals surface area contributed by atoms with Gasteiger partial charge in [-0.15, -0.1) is 12.4 Å². The van der Waals surface area contributed by atoms with Crippen molar-refractivity contribution in [2.24, 2.45) is 5.92 Å². The van der Waals surface area contributed by atoms with Crippen LogP contribution in [0.5, 0.6) is 0 Å². The first-order chi connectivity index (χ1) is 7.31. The quantitative estimate of drug-likeness (QED) is 0.781. The lowest BCUT2D eigenvalue weighted by Crippen LogP contribution is -2.48. The normalized spacial score (nSPS) is 29.9. The topological polar surface area (TPSA) is 41.6 Å². The third-order valence-electron chi connectivity index (χ3n) is 3.38. The zero-order valence-corrected chi connectivity index (χ0v) is 10.6. The van der Waals surface area contributed by atoms with Crippen molar-refractivity contribution in [3.63, 3.8) is 0 Å². The predicted octanol–water partition coefficient (Wildman–Crippen LogP) is 0.655. The molecule has 0 aliphatic carbocycles. The van der Waals surface area contributed by atoms with Crippen molar-refractivity contribution in [3.05, 3.63) is 0 Å². The van der Waals surface area contributed by atoms with Crippen LogP contribution >= 0.6 is 12.4 Å². The first kappa shape index (κ1) is 13.7. The number of likely N-dealkylation sites (tertiary alicyclic amines) is 1. The van der Waals surface area contributed by atoms with Gasteiger partial charge in [-0.1, -0.05) is 13.3 Å². The van der Waals surface area contributed by atoms with Crippen molar-refractivity contribution in [1.29, 1.82) is 0 Å². The minimum atomic E-state index is -0.241. The number of amides is 1. The van der Waals surface area contributed by atoms with Crippen LogP contribution in [0.25, 0.3) is 0 Å². The summed E-state index contributed by atoms with van der Waals surface area (Å²) in [6.07, 6.45) is 2.09. The number of hydrogen-bond donors (Lipinski definition) is 1. The Bertz CT molecular complexity index is 232. The van der Waals surface area contributed by atoms with Crippen molar-refractivity contribution in [2.75, 3.05) is 32.8 Å². The highest BCUT2D eigenvalue weighted by Crippen LogP contribution is 2.20. The van der Waals surface area contributed by atoms with Gasteiger partial charge in [0.1, 0.15) is 6.10 Å². The minimum absolute atomic E-state index is 0. The summed E-state index contributed by atoms with van der Waals surface area (Å²) in [4.78, 5) is 14.0. The molecule has 0 aromatic carbocycles. The van der Waals surface area contributed by atoms with Gasteiger partial charge in [-0.3, -0.25) is 4.79 Å². The van der Waals surface area contributed by atoms with Gasteiger partial charge in [-0.2, -0.15) is 0 Å². The zero-order valence-electron chi connectivity index (χ0n) is 9.78. The van der Waals surface area contributed by atoms with Crippen LogP contribution in [0, 0.1) is 5.92 Å². The maximum absolute atomic E-state index is 12.0. The molecule has 0 bridgehead atoms. The van der Waals surface area contributed by atoms with E-state index < -0.39 is 0 Å². The Morgan fingerprint density at radius 1 is 1.56 bits per heavy atom. The van der Waals surface area contributed by atoms with E-state index in [-0.39, 0.29) is 24.4 Å². The molecule has 0 saturated carbocycles. The molecule has 1 amide bonds. The number of nitrogens with zero attached hydrogens (tertiary/aromatic N) is 1. The molecule has 1 N–H and O–H groups in total. The summed E-state index contributed by atoms with van der Waals surface area (Å²) < 4.78 is 5.47. The second-order valence-electron chi connectivity index (χ2n) is 4.41. The number of carbonyl (C=O) groups excluding carboxylic acids is 1. The molecule has 94 valence electrons. The molecule has 2 rings (SSSR count). The summed E-state index contributed by atoms with van der Waals surface area (Å²) in [5, 5.41) is 3.19. The SMILES string of the molecule is CCC1CCN(C(=O)[C@@H]2CNCCO2)C1.Cl. The van der Waals surface area contributed by atoms with Crippen LogP contribution < -0.4 is 5.32 Å². The van der Waals surface area contributed by atoms with Crippen molar-refractivity contribution >= 4 is 18.3 Å². The molecule has 2 saturated heterocycles. The van der Waals surface area contributed by atoms with Crippen molar-refractivity contribution < 1.29 is 9.53 Å². The lowest BCUT2D eigenvalue weighted by Gasteiger charge is -2.27. The number of hydrogen-bond acceptors (Lipinski definition) is 3. The first-order valence-electron chi connectivity index (χ1n) is 5.92. The molecule has 2 atom stereocenters. The van der Waals surface area contributed by atoms with Gasteiger partial charge in [0.25, 0.3) is 5.91 Å². The molecule has 5 heteroatoms. The van der Waals surface area contributed by atoms with E-state index in [9.17, 15) is 4.79 Å². The van der Waals surface area contributed by atoms with Crippen LogP contribution in [0.15, 0.2) is 0 Å². The van der Waals surface area contributed by atoms with E-state index in [0.717, 1.165) is 26.1 Å². The monoisotopic (exact) mass is 248 g/mol. The second-order valence-corrected chi connectivity index (χ2v) is 4.41. The van der Waals surface area contributed by atoms with Gasteiger partial charge in [0.2, 0.25) is 0 Å². The molecule has 16 heavy (non-hydrogen) atoms. The lowest BCUT2D eigenvalue weighted by atomic mass is 10.1. The van der Waals surface area contributed by atoms with Gasteiger partial charge in [0.05, 0.1) is 6.61 Å². The van der Waals surface area contributed by atoms with Gasteiger partial charge in [-0.25, -0.2) is 0 Å². The molecule has 0 aromatic rings. The molecule has 4 nitrogen and oxygen atoms in total. The van der Waals surface area contributed by atoms with Gasteiger partial charge in [-0.05, 0) is 12.3 Å². The van der Waals surface area contributed by atoms with Crippen LogP contribution in [-0.4, -0.2) is 49.7 Å². The van der Waals surface area contributed by atoms with Crippen molar-refractivity contribution in [2.45, 2.75) is 25.9 Å². The Hall–Kier alpha value is -0.320. The average molecular weight is 249 g/mol. The number of ether oxygens (including phenoxy) is 1. The molecular formula is C11H21ClN2O2. The Morgan fingerprint density at radius 3 is 2.94 bits per heavy atom. The number of nitrogens with one attached hydrogen (secondary N) is 1. The predicted molar refractivity (Wildman–Crippen MR) is 64.8 cm³/mol. The fourth-order valence-corrected chi connectivity index (χ4v) is 2.29. The summed E-state index contributed by atoms with van der Waals surface area (Å²) in [6.45, 7) is 6.22. The fourth-order valence-electron chi connectivity index (χ4n) is 2.29. The van der Waals surface area contributed by atoms with Crippen LogP contribution in [0.1, 0.15) is 19.8 Å². The van der Waals surface area contributed by atoms with E-state index in [4.69, 9.17) is 4.74 Å². The summed E-state index contributed by atoms with van der Waals surface area (Å²) in [5.41, 5.74) is 0. The molecule has 0 radical (unpaired) electrons. The zero-order chi connectivity index (χ0) is 10.7. The van der Waals surface area contributed by atoms with Gasteiger partial charge in [0.15, 0.2) is 0 Å². The molecular weight excluding hydrogens is 228 g/mol. The van der Waals surface area contributed by atoms with E-state index in [2.05, 4.69) is 12.2 Å². The number of carbonyl (C=O) groups is 1. The van der Waals surface area contributed by atoms with Crippen LogP contribution in [0.3, 0.4) is 0 Å². The number of halogens is 1. The molecule has 2 fully saturated rings. The van der Waals surface area contributed by atoms with E-state index in [1.165, 1.54) is 6.42 Å². The van der Waals surface area contributed by atoms with Crippen LogP contribution in [0.4, 0.5) is 0 Å². The minimum Gasteiger partial charge on any atom is -0.366 e. The largest absolute Gasteiger partial charge is 0.366 e. The summed E-state index contributed by atoms with van der Waals surface area (Å²) in [5.74, 6) is 0.878. The molecule has 1 unspecified atom stereocenters. The average Bonchev–Trinajstić information content (AvgIpc) is 2.78. The Balaban J connectivity index is 0.00000128. The van der Waals surface area contributed by atoms with E-state index in [1.807, 2.05) is 4.90 Å². The maximum atomic E-state index is 12.0. The van der Waals surface area contributed by atoms with Crippen molar-refractivity contribution in [1.82, 2.24) is 10.2 Å². The Labute approximate surface area is 103 Å². The van der Waals surface area contributed by atoms with E-state index in [0.29, 0.717) is 19.1 Å². The van der Waals surface area contributed by atoms with Gasteiger partial charge < -0.3 is 15.0 Å². The fraction of sp³-hybridized carbons (Fsp3) is 0.909. The highest BCUT2D eigenvalue weighted by molar-refractivity contribution is 5.85. The lowest BCUT2D eigenvalue weighted by molar-refractivity contribution is -0.144. The van der Waals surface area contributed by atoms with E-state index >= 15 is 0 Å². The number of rotatable bonds is 2. The highest BCUT2D eigenvalue weighted by Gasteiger charge is 2.31. The summed E-state index contributed by atoms with van der Waals surface area (Å²) in [7, 11) is 0. The third-order valence-corrected chi connectivity index (χ3v) is 3.38. The smallest absolute Gasteiger partial charge is 0.253 e. The molecule has 0 aromatic heterocycles. The van der Waals surface area contributed by atoms with Crippen molar-refractivity contribution in [3.8, 4) is 0 Å². The maximum Gasteiger partial charge on any atom is 0.253 e. The number of morpholine rings is 1. The molecule has 0 spiro atoms. The van der Waals surface area contributed by atoms with E-state index in [1.54, 1.807) is 0 Å². The first-order valence-corrected chi connectivity index (χ1v) is 5.92. The van der Waals surface area contributed by atoms with Gasteiger partial charge >= 0.3 is 0 Å².